The summed E-state index contributed by atoms with van der Waals surface area (Å²) in [5.41, 5.74) is 2.61. The average Bonchev–Trinajstić information content (AvgIpc) is 2.81. The molecule has 2 aromatic rings. The van der Waals surface area contributed by atoms with Gasteiger partial charge in [-0.15, -0.1) is 0 Å². The highest BCUT2D eigenvalue weighted by Gasteiger charge is 2.16. The van der Waals surface area contributed by atoms with Crippen molar-refractivity contribution in [2.75, 3.05) is 13.1 Å². The molecule has 0 aliphatic carbocycles. The Morgan fingerprint density at radius 3 is 2.60 bits per heavy atom. The van der Waals surface area contributed by atoms with Crippen LogP contribution in [0.25, 0.3) is 10.9 Å². The van der Waals surface area contributed by atoms with E-state index in [1.807, 2.05) is 6.07 Å². The Hall–Kier alpha value is -0.990. The van der Waals surface area contributed by atoms with Gasteiger partial charge in [0.2, 0.25) is 0 Å². The number of hydrogen-bond acceptors (Lipinski definition) is 1. The van der Waals surface area contributed by atoms with Crippen LogP contribution in [-0.4, -0.2) is 22.6 Å². The number of para-hydroxylation sites is 1. The quantitative estimate of drug-likeness (QED) is 0.783. The van der Waals surface area contributed by atoms with Gasteiger partial charge >= 0.3 is 0 Å². The van der Waals surface area contributed by atoms with Crippen LogP contribution in [0.2, 0.25) is 5.02 Å². The minimum atomic E-state index is 0.438. The maximum Gasteiger partial charge on any atom is 0.0675 e. The highest BCUT2D eigenvalue weighted by atomic mass is 35.5. The summed E-state index contributed by atoms with van der Waals surface area (Å²) < 4.78 is 2.32. The highest BCUT2D eigenvalue weighted by molar-refractivity contribution is 6.35. The fraction of sp³-hybridized carbons (Fsp3) is 0.529. The first-order valence-electron chi connectivity index (χ1n) is 7.67. The third kappa shape index (κ3) is 2.59. The summed E-state index contributed by atoms with van der Waals surface area (Å²) in [6.07, 6.45) is 6.36. The molecule has 0 N–H and O–H groups in total. The van der Waals surface area contributed by atoms with E-state index in [2.05, 4.69) is 41.6 Å². The van der Waals surface area contributed by atoms with E-state index in [0.717, 1.165) is 11.6 Å². The average molecular weight is 291 g/mol. The molecule has 0 bridgehead atoms. The second kappa shape index (κ2) is 5.79. The molecule has 1 aliphatic heterocycles. The van der Waals surface area contributed by atoms with Gasteiger partial charge in [0.15, 0.2) is 0 Å². The summed E-state index contributed by atoms with van der Waals surface area (Å²) in [5, 5.41) is 2.18. The number of nitrogens with zero attached hydrogens (tertiary/aromatic N) is 2. The van der Waals surface area contributed by atoms with Crippen LogP contribution in [0.5, 0.6) is 0 Å². The van der Waals surface area contributed by atoms with Gasteiger partial charge in [-0.2, -0.15) is 0 Å². The van der Waals surface area contributed by atoms with Gasteiger partial charge in [-0.1, -0.05) is 30.2 Å². The van der Waals surface area contributed by atoms with E-state index in [9.17, 15) is 0 Å². The van der Waals surface area contributed by atoms with Gasteiger partial charge in [0.05, 0.1) is 10.5 Å². The Kier molecular flexibility index (Phi) is 4.04. The molecule has 1 fully saturated rings. The standard InChI is InChI=1S/C17H23ClN2/c1-13(2)20-12-14(11-19-9-4-3-5-10-19)15-7-6-8-16(18)17(15)20/h6-8,12-13H,3-5,9-11H2,1-2H3. The minimum Gasteiger partial charge on any atom is -0.343 e. The Bertz CT molecular complexity index is 594. The van der Waals surface area contributed by atoms with Crippen LogP contribution in [0.4, 0.5) is 0 Å². The Balaban J connectivity index is 2.00. The summed E-state index contributed by atoms with van der Waals surface area (Å²) in [7, 11) is 0. The Morgan fingerprint density at radius 2 is 1.90 bits per heavy atom. The van der Waals surface area contributed by atoms with Crippen molar-refractivity contribution < 1.29 is 0 Å². The number of likely N-dealkylation sites (tertiary alicyclic amines) is 1. The zero-order valence-electron chi connectivity index (χ0n) is 12.4. The minimum absolute atomic E-state index is 0.438. The molecule has 1 aromatic heterocycles. The molecule has 2 nitrogen and oxygen atoms in total. The van der Waals surface area contributed by atoms with Crippen LogP contribution in [0.3, 0.4) is 0 Å². The zero-order valence-corrected chi connectivity index (χ0v) is 13.2. The van der Waals surface area contributed by atoms with Crippen molar-refractivity contribution in [3.8, 4) is 0 Å². The molecule has 0 spiro atoms. The first-order valence-corrected chi connectivity index (χ1v) is 8.05. The number of halogens is 1. The molecule has 1 aliphatic rings. The van der Waals surface area contributed by atoms with E-state index in [0.29, 0.717) is 6.04 Å². The maximum atomic E-state index is 6.43. The number of piperidine rings is 1. The van der Waals surface area contributed by atoms with Crippen molar-refractivity contribution in [2.45, 2.75) is 45.7 Å². The van der Waals surface area contributed by atoms with Crippen molar-refractivity contribution >= 4 is 22.5 Å². The van der Waals surface area contributed by atoms with E-state index in [1.165, 1.54) is 48.8 Å². The van der Waals surface area contributed by atoms with Crippen LogP contribution in [0.15, 0.2) is 24.4 Å². The van der Waals surface area contributed by atoms with Crippen LogP contribution in [-0.2, 0) is 6.54 Å². The second-order valence-electron chi connectivity index (χ2n) is 6.13. The van der Waals surface area contributed by atoms with E-state index >= 15 is 0 Å². The van der Waals surface area contributed by atoms with Gasteiger partial charge in [0.1, 0.15) is 0 Å². The number of benzene rings is 1. The molecule has 1 aromatic carbocycles. The van der Waals surface area contributed by atoms with Crippen LogP contribution >= 0.6 is 11.6 Å². The first-order chi connectivity index (χ1) is 9.66. The predicted octanol–water partition coefficient (Wildman–Crippen LogP) is 4.86. The molecule has 0 radical (unpaired) electrons. The third-order valence-corrected chi connectivity index (χ3v) is 4.59. The fourth-order valence-electron chi connectivity index (χ4n) is 3.23. The third-order valence-electron chi connectivity index (χ3n) is 4.28. The Morgan fingerprint density at radius 1 is 1.15 bits per heavy atom. The van der Waals surface area contributed by atoms with Crippen LogP contribution in [0.1, 0.15) is 44.7 Å². The summed E-state index contributed by atoms with van der Waals surface area (Å²) in [6.45, 7) is 7.95. The van der Waals surface area contributed by atoms with Gasteiger partial charge in [-0.25, -0.2) is 0 Å². The maximum absolute atomic E-state index is 6.43. The molecule has 2 heterocycles. The summed E-state index contributed by atoms with van der Waals surface area (Å²) >= 11 is 6.43. The summed E-state index contributed by atoms with van der Waals surface area (Å²) in [5.74, 6) is 0. The largest absolute Gasteiger partial charge is 0.343 e. The normalized spacial score (nSPS) is 17.2. The molecule has 0 saturated carbocycles. The number of hydrogen-bond donors (Lipinski definition) is 0. The predicted molar refractivity (Wildman–Crippen MR) is 86.5 cm³/mol. The molecular weight excluding hydrogens is 268 g/mol. The lowest BCUT2D eigenvalue weighted by atomic mass is 10.1. The van der Waals surface area contributed by atoms with Crippen molar-refractivity contribution in [3.05, 3.63) is 35.0 Å². The fourth-order valence-corrected chi connectivity index (χ4v) is 3.50. The molecule has 20 heavy (non-hydrogen) atoms. The van der Waals surface area contributed by atoms with E-state index in [1.54, 1.807) is 0 Å². The highest BCUT2D eigenvalue weighted by Crippen LogP contribution is 2.31. The van der Waals surface area contributed by atoms with Gasteiger partial charge in [0, 0.05) is 24.2 Å². The van der Waals surface area contributed by atoms with Crippen molar-refractivity contribution in [3.63, 3.8) is 0 Å². The van der Waals surface area contributed by atoms with E-state index in [4.69, 9.17) is 11.6 Å². The molecule has 0 amide bonds. The molecule has 3 rings (SSSR count). The van der Waals surface area contributed by atoms with Gasteiger partial charge in [-0.3, -0.25) is 4.90 Å². The molecular formula is C17H23ClN2. The van der Waals surface area contributed by atoms with Crippen molar-refractivity contribution in [1.82, 2.24) is 9.47 Å². The lowest BCUT2D eigenvalue weighted by Crippen LogP contribution is -2.28. The van der Waals surface area contributed by atoms with Crippen molar-refractivity contribution in [2.24, 2.45) is 0 Å². The molecule has 1 saturated heterocycles. The SMILES string of the molecule is CC(C)n1cc(CN2CCCCC2)c2cccc(Cl)c21. The monoisotopic (exact) mass is 290 g/mol. The first kappa shape index (κ1) is 14.0. The van der Waals surface area contributed by atoms with Gasteiger partial charge in [0.25, 0.3) is 0 Å². The number of rotatable bonds is 3. The van der Waals surface area contributed by atoms with Crippen LogP contribution < -0.4 is 0 Å². The van der Waals surface area contributed by atoms with Gasteiger partial charge < -0.3 is 4.57 Å². The number of fused-ring (bicyclic) bond motifs is 1. The lowest BCUT2D eigenvalue weighted by Gasteiger charge is -2.26. The smallest absolute Gasteiger partial charge is 0.0675 e. The number of aromatic nitrogens is 1. The second-order valence-corrected chi connectivity index (χ2v) is 6.54. The summed E-state index contributed by atoms with van der Waals surface area (Å²) in [4.78, 5) is 2.57. The molecule has 108 valence electrons. The van der Waals surface area contributed by atoms with Gasteiger partial charge in [-0.05, 0) is 51.4 Å². The molecule has 0 unspecified atom stereocenters. The molecule has 0 atom stereocenters. The lowest BCUT2D eigenvalue weighted by molar-refractivity contribution is 0.221. The molecule has 3 heteroatoms. The van der Waals surface area contributed by atoms with Crippen LogP contribution in [0, 0.1) is 0 Å². The zero-order chi connectivity index (χ0) is 14.1. The van der Waals surface area contributed by atoms with E-state index in [-0.39, 0.29) is 0 Å². The van der Waals surface area contributed by atoms with E-state index < -0.39 is 0 Å². The summed E-state index contributed by atoms with van der Waals surface area (Å²) in [6, 6.07) is 6.70. The topological polar surface area (TPSA) is 8.17 Å². The van der Waals surface area contributed by atoms with Crippen molar-refractivity contribution in [1.29, 1.82) is 0 Å². The Labute approximate surface area is 126 Å².